The molecule has 0 saturated carbocycles. The molecule has 1 fully saturated rings. The van der Waals surface area contributed by atoms with Gasteiger partial charge in [-0.1, -0.05) is 0 Å². The highest BCUT2D eigenvalue weighted by molar-refractivity contribution is 7.90. The second-order valence-corrected chi connectivity index (χ2v) is 6.28. The minimum atomic E-state index is -3.53. The van der Waals surface area contributed by atoms with Crippen LogP contribution in [0.1, 0.15) is 6.92 Å². The summed E-state index contributed by atoms with van der Waals surface area (Å²) < 4.78 is 25.4. The fourth-order valence-corrected chi connectivity index (χ4v) is 3.23. The topological polar surface area (TPSA) is 90.4 Å². The van der Waals surface area contributed by atoms with Crippen molar-refractivity contribution in [3.8, 4) is 6.07 Å². The lowest BCUT2D eigenvalue weighted by Crippen LogP contribution is -2.58. The number of piperazine rings is 1. The van der Waals surface area contributed by atoms with E-state index in [-0.39, 0.29) is 12.6 Å². The molecule has 0 aliphatic carbocycles. The van der Waals surface area contributed by atoms with Crippen molar-refractivity contribution in [3.05, 3.63) is 0 Å². The van der Waals surface area contributed by atoms with Gasteiger partial charge in [0.05, 0.1) is 6.07 Å². The predicted molar refractivity (Wildman–Crippen MR) is 61.0 cm³/mol. The van der Waals surface area contributed by atoms with E-state index in [0.717, 1.165) is 0 Å². The first kappa shape index (κ1) is 13.4. The standard InChI is InChI=1S/C9H18N4O2S/c1-8(5-10)16(14,15)13-4-3-12(2)7-9(13)6-11/h8-9H,3-4,6-7,11H2,1-2H3. The van der Waals surface area contributed by atoms with Crippen molar-refractivity contribution in [2.45, 2.75) is 18.2 Å². The Morgan fingerprint density at radius 3 is 2.69 bits per heavy atom. The van der Waals surface area contributed by atoms with E-state index in [9.17, 15) is 8.42 Å². The van der Waals surface area contributed by atoms with E-state index in [0.29, 0.717) is 19.6 Å². The Kier molecular flexibility index (Phi) is 4.27. The minimum Gasteiger partial charge on any atom is -0.329 e. The average Bonchev–Trinajstić information content (AvgIpc) is 2.27. The maximum Gasteiger partial charge on any atom is 0.230 e. The van der Waals surface area contributed by atoms with E-state index in [1.807, 2.05) is 11.9 Å². The van der Waals surface area contributed by atoms with E-state index in [4.69, 9.17) is 11.0 Å². The van der Waals surface area contributed by atoms with Crippen LogP contribution in [-0.2, 0) is 10.0 Å². The van der Waals surface area contributed by atoms with Crippen LogP contribution >= 0.6 is 0 Å². The molecule has 1 aliphatic rings. The summed E-state index contributed by atoms with van der Waals surface area (Å²) in [6.45, 7) is 3.39. The summed E-state index contributed by atoms with van der Waals surface area (Å²) in [7, 11) is -1.60. The zero-order valence-corrected chi connectivity index (χ0v) is 10.4. The average molecular weight is 246 g/mol. The van der Waals surface area contributed by atoms with Gasteiger partial charge in [0.15, 0.2) is 5.25 Å². The highest BCUT2D eigenvalue weighted by Gasteiger charge is 2.36. The van der Waals surface area contributed by atoms with Crippen LogP contribution in [0.5, 0.6) is 0 Å². The molecule has 6 nitrogen and oxygen atoms in total. The van der Waals surface area contributed by atoms with E-state index in [1.165, 1.54) is 11.2 Å². The molecule has 1 saturated heterocycles. The van der Waals surface area contributed by atoms with Gasteiger partial charge in [0, 0.05) is 32.2 Å². The van der Waals surface area contributed by atoms with Crippen LogP contribution in [-0.4, -0.2) is 62.1 Å². The third-order valence-corrected chi connectivity index (χ3v) is 4.99. The molecule has 2 unspecified atom stereocenters. The summed E-state index contributed by atoms with van der Waals surface area (Å²) in [5.74, 6) is 0. The molecule has 0 amide bonds. The number of rotatable bonds is 3. The maximum absolute atomic E-state index is 12.0. The largest absolute Gasteiger partial charge is 0.329 e. The molecule has 92 valence electrons. The third kappa shape index (κ3) is 2.52. The molecule has 0 aromatic rings. The van der Waals surface area contributed by atoms with Crippen molar-refractivity contribution in [1.82, 2.24) is 9.21 Å². The van der Waals surface area contributed by atoms with Gasteiger partial charge in [-0.2, -0.15) is 9.57 Å². The molecule has 0 aromatic carbocycles. The summed E-state index contributed by atoms with van der Waals surface area (Å²) in [6, 6.07) is 1.55. The lowest BCUT2D eigenvalue weighted by Gasteiger charge is -2.38. The van der Waals surface area contributed by atoms with Gasteiger partial charge in [-0.15, -0.1) is 0 Å². The molecule has 1 rings (SSSR count). The van der Waals surface area contributed by atoms with Crippen LogP contribution in [0.4, 0.5) is 0 Å². The van der Waals surface area contributed by atoms with Crippen LogP contribution in [0.15, 0.2) is 0 Å². The lowest BCUT2D eigenvalue weighted by molar-refractivity contribution is 0.163. The van der Waals surface area contributed by atoms with Crippen LogP contribution in [0, 0.1) is 11.3 Å². The second-order valence-electron chi connectivity index (χ2n) is 4.08. The number of sulfonamides is 1. The molecule has 2 atom stereocenters. The molecule has 0 spiro atoms. The van der Waals surface area contributed by atoms with E-state index < -0.39 is 15.3 Å². The van der Waals surface area contributed by atoms with E-state index >= 15 is 0 Å². The van der Waals surface area contributed by atoms with Gasteiger partial charge in [-0.3, -0.25) is 0 Å². The maximum atomic E-state index is 12.0. The molecule has 0 aromatic heterocycles. The summed E-state index contributed by atoms with van der Waals surface area (Å²) in [5.41, 5.74) is 5.58. The summed E-state index contributed by atoms with van der Waals surface area (Å²) >= 11 is 0. The first-order chi connectivity index (χ1) is 7.43. The van der Waals surface area contributed by atoms with Gasteiger partial charge in [-0.05, 0) is 14.0 Å². The molecule has 7 heteroatoms. The Bertz CT molecular complexity index is 375. The van der Waals surface area contributed by atoms with Crippen molar-refractivity contribution in [1.29, 1.82) is 5.26 Å². The molecule has 0 bridgehead atoms. The molecular weight excluding hydrogens is 228 g/mol. The molecule has 0 radical (unpaired) electrons. The zero-order chi connectivity index (χ0) is 12.3. The van der Waals surface area contributed by atoms with E-state index in [2.05, 4.69) is 0 Å². The number of hydrogen-bond acceptors (Lipinski definition) is 5. The van der Waals surface area contributed by atoms with Crippen LogP contribution < -0.4 is 5.73 Å². The lowest BCUT2D eigenvalue weighted by atomic mass is 10.2. The highest BCUT2D eigenvalue weighted by Crippen LogP contribution is 2.16. The zero-order valence-electron chi connectivity index (χ0n) is 9.63. The van der Waals surface area contributed by atoms with Gasteiger partial charge in [0.1, 0.15) is 0 Å². The Balaban J connectivity index is 2.91. The van der Waals surface area contributed by atoms with Gasteiger partial charge in [-0.25, -0.2) is 8.42 Å². The smallest absolute Gasteiger partial charge is 0.230 e. The third-order valence-electron chi connectivity index (χ3n) is 2.86. The first-order valence-electron chi connectivity index (χ1n) is 5.22. The number of hydrogen-bond donors (Lipinski definition) is 1. The first-order valence-corrected chi connectivity index (χ1v) is 6.72. The van der Waals surface area contributed by atoms with Crippen LogP contribution in [0.2, 0.25) is 0 Å². The van der Waals surface area contributed by atoms with Crippen molar-refractivity contribution < 1.29 is 8.42 Å². The molecular formula is C9H18N4O2S. The SMILES string of the molecule is CC(C#N)S(=O)(=O)N1CCN(C)CC1CN. The Labute approximate surface area is 96.7 Å². The Morgan fingerprint density at radius 1 is 1.56 bits per heavy atom. The normalized spacial score (nSPS) is 26.2. The Morgan fingerprint density at radius 2 is 2.19 bits per heavy atom. The Hall–Kier alpha value is -0.680. The van der Waals surface area contributed by atoms with Gasteiger partial charge < -0.3 is 10.6 Å². The number of likely N-dealkylation sites (N-methyl/N-ethyl adjacent to an activating group) is 1. The summed E-state index contributed by atoms with van der Waals surface area (Å²) in [4.78, 5) is 2.04. The van der Waals surface area contributed by atoms with Crippen molar-refractivity contribution in [2.24, 2.45) is 5.73 Å². The van der Waals surface area contributed by atoms with Gasteiger partial charge in [0.25, 0.3) is 0 Å². The van der Waals surface area contributed by atoms with Crippen molar-refractivity contribution in [2.75, 3.05) is 33.2 Å². The molecule has 16 heavy (non-hydrogen) atoms. The predicted octanol–water partition coefficient (Wildman–Crippen LogP) is -1.20. The van der Waals surface area contributed by atoms with Crippen LogP contribution in [0.3, 0.4) is 0 Å². The van der Waals surface area contributed by atoms with Gasteiger partial charge in [0.2, 0.25) is 10.0 Å². The quantitative estimate of drug-likeness (QED) is 0.675. The highest BCUT2D eigenvalue weighted by atomic mass is 32.2. The molecule has 1 aliphatic heterocycles. The second kappa shape index (κ2) is 5.10. The fraction of sp³-hybridized carbons (Fsp3) is 0.889. The minimum absolute atomic E-state index is 0.223. The van der Waals surface area contributed by atoms with E-state index in [1.54, 1.807) is 6.07 Å². The van der Waals surface area contributed by atoms with Crippen LogP contribution in [0.25, 0.3) is 0 Å². The summed E-state index contributed by atoms with van der Waals surface area (Å²) in [6.07, 6.45) is 0. The number of nitrogens with two attached hydrogens (primary N) is 1. The number of nitrogens with zero attached hydrogens (tertiary/aromatic N) is 3. The fourth-order valence-electron chi connectivity index (χ4n) is 1.79. The van der Waals surface area contributed by atoms with Gasteiger partial charge >= 0.3 is 0 Å². The molecule has 1 heterocycles. The van der Waals surface area contributed by atoms with Crippen molar-refractivity contribution >= 4 is 10.0 Å². The monoisotopic (exact) mass is 246 g/mol. The number of nitriles is 1. The summed E-state index contributed by atoms with van der Waals surface area (Å²) in [5, 5.41) is 7.71. The molecule has 2 N–H and O–H groups in total. The van der Waals surface area contributed by atoms with Crippen molar-refractivity contribution in [3.63, 3.8) is 0 Å².